The Bertz CT molecular complexity index is 2140. The number of hydrogen-bond acceptors (Lipinski definition) is 5. The van der Waals surface area contributed by atoms with Crippen LogP contribution in [0.5, 0.6) is 11.5 Å². The van der Waals surface area contributed by atoms with Crippen LogP contribution in [0.3, 0.4) is 0 Å². The summed E-state index contributed by atoms with van der Waals surface area (Å²) in [7, 11) is 1.57. The van der Waals surface area contributed by atoms with E-state index in [4.69, 9.17) is 14.5 Å². The highest BCUT2D eigenvalue weighted by Crippen LogP contribution is 2.41. The molecule has 9 heteroatoms. The predicted octanol–water partition coefficient (Wildman–Crippen LogP) is 7.41. The minimum absolute atomic E-state index is 0.0703. The Balaban J connectivity index is 1.33. The standard InChI is InChI=1S/C35H25BrFIN2O3S/c1-42-29-17-20(16-28(38)33(29)43-19-23-7-3-5-9-27(23)37)18-30-34(41)40-32(22-10-13-24(36)14-11-22)26-15-12-21-6-2-4-8-25(21)31(26)39-35(40)44-30/h2-11,13-14,16-18,32H,12,15,19H2,1H3/b30-18-/t32-/m0/s1. The number of allylic oxidation sites excluding steroid dienone is 1. The number of nitrogens with zero attached hydrogens (tertiary/aromatic N) is 2. The second kappa shape index (κ2) is 12.1. The number of aryl methyl sites for hydroxylation is 1. The summed E-state index contributed by atoms with van der Waals surface area (Å²) in [6.07, 6.45) is 3.63. The fraction of sp³-hybridized carbons (Fsp3) is 0.143. The van der Waals surface area contributed by atoms with E-state index in [1.165, 1.54) is 23.0 Å². The van der Waals surface area contributed by atoms with E-state index >= 15 is 0 Å². The van der Waals surface area contributed by atoms with Gasteiger partial charge >= 0.3 is 0 Å². The largest absolute Gasteiger partial charge is 0.493 e. The number of halogens is 3. The summed E-state index contributed by atoms with van der Waals surface area (Å²) in [6.45, 7) is 0.0703. The molecule has 0 amide bonds. The van der Waals surface area contributed by atoms with Crippen LogP contribution in [0.25, 0.3) is 11.8 Å². The van der Waals surface area contributed by atoms with Crippen LogP contribution in [0.2, 0.25) is 0 Å². The third kappa shape index (κ3) is 5.35. The molecule has 0 unspecified atom stereocenters. The van der Waals surface area contributed by atoms with Gasteiger partial charge in [0.05, 0.1) is 27.0 Å². The average Bonchev–Trinajstić information content (AvgIpc) is 3.34. The minimum Gasteiger partial charge on any atom is -0.493 e. The van der Waals surface area contributed by atoms with Gasteiger partial charge in [0.15, 0.2) is 16.3 Å². The van der Waals surface area contributed by atoms with Gasteiger partial charge in [-0.2, -0.15) is 0 Å². The van der Waals surface area contributed by atoms with Crippen molar-refractivity contribution in [3.63, 3.8) is 0 Å². The minimum atomic E-state index is -0.319. The molecule has 5 nitrogen and oxygen atoms in total. The van der Waals surface area contributed by atoms with Gasteiger partial charge in [0.1, 0.15) is 12.4 Å². The second-order valence-electron chi connectivity index (χ2n) is 10.6. The Morgan fingerprint density at radius 3 is 2.64 bits per heavy atom. The molecule has 220 valence electrons. The smallest absolute Gasteiger partial charge is 0.271 e. The highest BCUT2D eigenvalue weighted by Gasteiger charge is 2.32. The van der Waals surface area contributed by atoms with Crippen molar-refractivity contribution in [2.45, 2.75) is 25.5 Å². The molecule has 1 aliphatic heterocycles. The number of hydrogen-bond donors (Lipinski definition) is 0. The number of benzene rings is 4. The zero-order valence-electron chi connectivity index (χ0n) is 23.5. The first kappa shape index (κ1) is 29.2. The summed E-state index contributed by atoms with van der Waals surface area (Å²) in [4.78, 5) is 19.9. The molecule has 44 heavy (non-hydrogen) atoms. The monoisotopic (exact) mass is 778 g/mol. The number of fused-ring (bicyclic) bond motifs is 3. The fourth-order valence-corrected chi connectivity index (χ4v) is 7.89. The van der Waals surface area contributed by atoms with Gasteiger partial charge in [0, 0.05) is 15.6 Å². The van der Waals surface area contributed by atoms with Crippen molar-refractivity contribution < 1.29 is 13.9 Å². The van der Waals surface area contributed by atoms with Crippen LogP contribution >= 0.6 is 49.9 Å². The molecule has 1 aliphatic carbocycles. The summed E-state index contributed by atoms with van der Waals surface area (Å²) in [5.74, 6) is 0.712. The zero-order chi connectivity index (χ0) is 30.4. The third-order valence-corrected chi connectivity index (χ3v) is 10.3. The maximum absolute atomic E-state index is 14.2. The quantitative estimate of drug-likeness (QED) is 0.169. The van der Waals surface area contributed by atoms with E-state index < -0.39 is 0 Å². The molecule has 1 aromatic heterocycles. The van der Waals surface area contributed by atoms with Crippen LogP contribution in [0, 0.1) is 9.39 Å². The molecule has 0 spiro atoms. The maximum atomic E-state index is 14.2. The molecule has 0 saturated heterocycles. The SMILES string of the molecule is COc1cc(/C=c2\sc3n(c2=O)[C@@H](c2ccc(Br)cc2)C2=C(N=3)c3ccccc3CC2)cc(I)c1OCc1ccccc1F. The summed E-state index contributed by atoms with van der Waals surface area (Å²) in [5, 5.41) is 0. The lowest BCUT2D eigenvalue weighted by Gasteiger charge is -2.30. The lowest BCUT2D eigenvalue weighted by molar-refractivity contribution is 0.277. The van der Waals surface area contributed by atoms with Crippen molar-refractivity contribution >= 4 is 61.6 Å². The van der Waals surface area contributed by atoms with E-state index in [0.717, 1.165) is 48.8 Å². The van der Waals surface area contributed by atoms with E-state index in [1.54, 1.807) is 25.3 Å². The van der Waals surface area contributed by atoms with E-state index in [9.17, 15) is 9.18 Å². The Morgan fingerprint density at radius 2 is 1.84 bits per heavy atom. The first-order valence-corrected chi connectivity index (χ1v) is 16.7. The van der Waals surface area contributed by atoms with E-state index in [2.05, 4.69) is 68.9 Å². The van der Waals surface area contributed by atoms with Gasteiger partial charge in [-0.15, -0.1) is 0 Å². The Morgan fingerprint density at radius 1 is 1.07 bits per heavy atom. The molecular weight excluding hydrogens is 754 g/mol. The van der Waals surface area contributed by atoms with Crippen LogP contribution in [-0.2, 0) is 13.0 Å². The normalized spacial score (nSPS) is 15.7. The summed E-state index contributed by atoms with van der Waals surface area (Å²) >= 11 is 7.13. The van der Waals surface area contributed by atoms with Crippen molar-refractivity contribution in [2.75, 3.05) is 7.11 Å². The number of thiazole rings is 1. The van der Waals surface area contributed by atoms with Crippen molar-refractivity contribution in [3.8, 4) is 11.5 Å². The number of aromatic nitrogens is 1. The molecule has 2 aliphatic rings. The highest BCUT2D eigenvalue weighted by atomic mass is 127. The van der Waals surface area contributed by atoms with Gasteiger partial charge in [0.2, 0.25) is 0 Å². The molecule has 0 N–H and O–H groups in total. The molecule has 7 rings (SSSR count). The van der Waals surface area contributed by atoms with E-state index in [0.29, 0.717) is 26.4 Å². The van der Waals surface area contributed by atoms with E-state index in [1.807, 2.05) is 41.0 Å². The summed E-state index contributed by atoms with van der Waals surface area (Å²) < 4.78 is 30.1. The van der Waals surface area contributed by atoms with Crippen LogP contribution < -0.4 is 24.4 Å². The molecule has 5 aromatic rings. The van der Waals surface area contributed by atoms with Crippen molar-refractivity contribution in [3.05, 3.63) is 152 Å². The first-order chi connectivity index (χ1) is 21.4. The molecule has 1 atom stereocenters. The maximum Gasteiger partial charge on any atom is 0.271 e. The fourth-order valence-electron chi connectivity index (χ4n) is 5.85. The Kier molecular flexibility index (Phi) is 8.02. The molecule has 0 saturated carbocycles. The van der Waals surface area contributed by atoms with Crippen LogP contribution in [-0.4, -0.2) is 11.7 Å². The number of methoxy groups -OCH3 is 1. The van der Waals surface area contributed by atoms with Crippen molar-refractivity contribution in [1.82, 2.24) is 4.57 Å². The third-order valence-electron chi connectivity index (χ3n) is 7.94. The molecular formula is C35H25BrFIN2O3S. The average molecular weight is 779 g/mol. The number of rotatable bonds is 6. The number of ether oxygens (including phenoxy) is 2. The van der Waals surface area contributed by atoms with Crippen LogP contribution in [0.4, 0.5) is 4.39 Å². The summed E-state index contributed by atoms with van der Waals surface area (Å²) in [6, 6.07) is 26.7. The lowest BCUT2D eigenvalue weighted by atomic mass is 9.83. The Labute approximate surface area is 279 Å². The van der Waals surface area contributed by atoms with E-state index in [-0.39, 0.29) is 24.0 Å². The molecule has 0 fully saturated rings. The topological polar surface area (TPSA) is 52.8 Å². The van der Waals surface area contributed by atoms with Gasteiger partial charge < -0.3 is 9.47 Å². The molecule has 0 radical (unpaired) electrons. The summed E-state index contributed by atoms with van der Waals surface area (Å²) in [5.41, 5.74) is 6.78. The Hall–Kier alpha value is -3.54. The van der Waals surface area contributed by atoms with Crippen molar-refractivity contribution in [1.29, 1.82) is 0 Å². The van der Waals surface area contributed by atoms with Crippen LogP contribution in [0.15, 0.2) is 105 Å². The lowest BCUT2D eigenvalue weighted by Crippen LogP contribution is -2.38. The molecule has 2 heterocycles. The van der Waals surface area contributed by atoms with Crippen LogP contribution in [0.1, 0.15) is 40.3 Å². The van der Waals surface area contributed by atoms with Gasteiger partial charge in [-0.05, 0) is 94.1 Å². The molecule has 0 bridgehead atoms. The zero-order valence-corrected chi connectivity index (χ0v) is 28.1. The van der Waals surface area contributed by atoms with Crippen molar-refractivity contribution in [2.24, 2.45) is 4.99 Å². The van der Waals surface area contributed by atoms with Gasteiger partial charge in [-0.25, -0.2) is 9.38 Å². The van der Waals surface area contributed by atoms with Gasteiger partial charge in [0.25, 0.3) is 5.56 Å². The predicted molar refractivity (Wildman–Crippen MR) is 183 cm³/mol. The van der Waals surface area contributed by atoms with Gasteiger partial charge in [-0.3, -0.25) is 9.36 Å². The van der Waals surface area contributed by atoms with Gasteiger partial charge in [-0.1, -0.05) is 81.9 Å². The second-order valence-corrected chi connectivity index (χ2v) is 13.7. The highest BCUT2D eigenvalue weighted by molar-refractivity contribution is 14.1. The molecule has 4 aromatic carbocycles. The first-order valence-electron chi connectivity index (χ1n) is 14.0.